The van der Waals surface area contributed by atoms with E-state index in [1.807, 2.05) is 0 Å². The van der Waals surface area contributed by atoms with E-state index in [1.165, 1.54) is 5.56 Å². The molecule has 4 heteroatoms. The molecular weight excluding hydrogens is 242 g/mol. The van der Waals surface area contributed by atoms with Crippen LogP contribution in [0.25, 0.3) is 0 Å². The van der Waals surface area contributed by atoms with Crippen molar-refractivity contribution in [3.63, 3.8) is 0 Å². The summed E-state index contributed by atoms with van der Waals surface area (Å²) in [5.74, 6) is 0. The molecule has 2 heterocycles. The predicted octanol–water partition coefficient (Wildman–Crippen LogP) is 2.73. The van der Waals surface area contributed by atoms with E-state index in [0.29, 0.717) is 12.5 Å². The fraction of sp³-hybridized carbons (Fsp3) is 0.643. The van der Waals surface area contributed by atoms with Crippen LogP contribution in [0.5, 0.6) is 0 Å². The Morgan fingerprint density at radius 1 is 1.39 bits per heavy atom. The van der Waals surface area contributed by atoms with Crippen molar-refractivity contribution in [3.05, 3.63) is 22.4 Å². The predicted molar refractivity (Wildman–Crippen MR) is 75.6 cm³/mol. The van der Waals surface area contributed by atoms with Crippen molar-refractivity contribution in [2.45, 2.75) is 25.8 Å². The Balaban J connectivity index is 1.75. The molecule has 98 valence electrons. The van der Waals surface area contributed by atoms with Gasteiger partial charge in [0.1, 0.15) is 0 Å². The number of nitriles is 1. The molecule has 1 aromatic rings. The number of hydrogen-bond donors (Lipinski definition) is 0. The largest absolute Gasteiger partial charge is 0.301 e. The van der Waals surface area contributed by atoms with Crippen molar-refractivity contribution in [2.75, 3.05) is 32.7 Å². The minimum atomic E-state index is 0.539. The van der Waals surface area contributed by atoms with Gasteiger partial charge in [-0.15, -0.1) is 0 Å². The Kier molecular flexibility index (Phi) is 5.18. The third kappa shape index (κ3) is 3.55. The van der Waals surface area contributed by atoms with Crippen molar-refractivity contribution in [1.29, 1.82) is 5.26 Å². The quantitative estimate of drug-likeness (QED) is 0.765. The van der Waals surface area contributed by atoms with Gasteiger partial charge in [0.15, 0.2) is 0 Å². The SMILES string of the molecule is C[C@@H](c1ccsc1)N1CCN(CCCC#N)CC1. The fourth-order valence-electron chi connectivity index (χ4n) is 2.48. The van der Waals surface area contributed by atoms with Crippen molar-refractivity contribution in [3.8, 4) is 6.07 Å². The van der Waals surface area contributed by atoms with Gasteiger partial charge in [-0.3, -0.25) is 4.90 Å². The lowest BCUT2D eigenvalue weighted by Crippen LogP contribution is -2.47. The maximum absolute atomic E-state index is 8.54. The molecule has 2 rings (SSSR count). The van der Waals surface area contributed by atoms with Crippen LogP contribution < -0.4 is 0 Å². The summed E-state index contributed by atoms with van der Waals surface area (Å²) < 4.78 is 0. The molecule has 18 heavy (non-hydrogen) atoms. The molecule has 0 bridgehead atoms. The first-order valence-corrected chi connectivity index (χ1v) is 7.61. The van der Waals surface area contributed by atoms with Gasteiger partial charge in [-0.1, -0.05) is 0 Å². The second-order valence-electron chi connectivity index (χ2n) is 4.87. The van der Waals surface area contributed by atoms with Gasteiger partial charge in [0.25, 0.3) is 0 Å². The van der Waals surface area contributed by atoms with Crippen LogP contribution in [0.2, 0.25) is 0 Å². The number of piperazine rings is 1. The van der Waals surface area contributed by atoms with Crippen LogP contribution in [0, 0.1) is 11.3 Å². The summed E-state index contributed by atoms with van der Waals surface area (Å²) in [6.45, 7) is 7.94. The molecule has 1 fully saturated rings. The minimum absolute atomic E-state index is 0.539. The molecule has 0 saturated carbocycles. The Labute approximate surface area is 114 Å². The highest BCUT2D eigenvalue weighted by atomic mass is 32.1. The summed E-state index contributed by atoms with van der Waals surface area (Å²) >= 11 is 1.78. The molecule has 1 saturated heterocycles. The Hall–Kier alpha value is -0.890. The van der Waals surface area contributed by atoms with Gasteiger partial charge in [0, 0.05) is 38.6 Å². The maximum atomic E-state index is 8.54. The van der Waals surface area contributed by atoms with E-state index < -0.39 is 0 Å². The molecule has 1 aliphatic rings. The standard InChI is InChI=1S/C14H21N3S/c1-13(14-4-11-18-12-14)17-9-7-16(8-10-17)6-3-2-5-15/h4,11-13H,2-3,6-10H2,1H3/t13-/m0/s1. The first-order chi connectivity index (χ1) is 8.81. The van der Waals surface area contributed by atoms with E-state index in [9.17, 15) is 0 Å². The van der Waals surface area contributed by atoms with E-state index in [-0.39, 0.29) is 0 Å². The summed E-state index contributed by atoms with van der Waals surface area (Å²) in [7, 11) is 0. The maximum Gasteiger partial charge on any atom is 0.0622 e. The molecule has 0 unspecified atom stereocenters. The lowest BCUT2D eigenvalue weighted by atomic mass is 10.1. The number of unbranched alkanes of at least 4 members (excludes halogenated alkanes) is 1. The molecule has 1 aliphatic heterocycles. The third-order valence-corrected chi connectivity index (χ3v) is 4.44. The Morgan fingerprint density at radius 2 is 2.17 bits per heavy atom. The summed E-state index contributed by atoms with van der Waals surface area (Å²) in [6.07, 6.45) is 1.70. The van der Waals surface area contributed by atoms with Crippen molar-refractivity contribution in [1.82, 2.24) is 9.80 Å². The number of thiophene rings is 1. The van der Waals surface area contributed by atoms with Gasteiger partial charge in [-0.25, -0.2) is 0 Å². The van der Waals surface area contributed by atoms with E-state index in [0.717, 1.165) is 39.1 Å². The van der Waals surface area contributed by atoms with Crippen molar-refractivity contribution in [2.24, 2.45) is 0 Å². The normalized spacial score (nSPS) is 19.6. The van der Waals surface area contributed by atoms with Gasteiger partial charge < -0.3 is 4.90 Å². The van der Waals surface area contributed by atoms with E-state index in [1.54, 1.807) is 11.3 Å². The smallest absolute Gasteiger partial charge is 0.0622 e. The van der Waals surface area contributed by atoms with Crippen molar-refractivity contribution >= 4 is 11.3 Å². The lowest BCUT2D eigenvalue weighted by Gasteiger charge is -2.37. The van der Waals surface area contributed by atoms with Gasteiger partial charge >= 0.3 is 0 Å². The zero-order valence-corrected chi connectivity index (χ0v) is 11.8. The van der Waals surface area contributed by atoms with Gasteiger partial charge in [0.2, 0.25) is 0 Å². The second-order valence-corrected chi connectivity index (χ2v) is 5.65. The molecule has 0 radical (unpaired) electrons. The van der Waals surface area contributed by atoms with Crippen LogP contribution in [0.1, 0.15) is 31.4 Å². The molecule has 0 aromatic carbocycles. The van der Waals surface area contributed by atoms with Gasteiger partial charge in [0.05, 0.1) is 6.07 Å². The average molecular weight is 263 g/mol. The van der Waals surface area contributed by atoms with E-state index in [4.69, 9.17) is 5.26 Å². The van der Waals surface area contributed by atoms with E-state index >= 15 is 0 Å². The highest BCUT2D eigenvalue weighted by Gasteiger charge is 2.21. The molecular formula is C14H21N3S. The zero-order chi connectivity index (χ0) is 12.8. The molecule has 0 N–H and O–H groups in total. The number of hydrogen-bond acceptors (Lipinski definition) is 4. The van der Waals surface area contributed by atoms with E-state index in [2.05, 4.69) is 39.6 Å². The van der Waals surface area contributed by atoms with Gasteiger partial charge in [-0.2, -0.15) is 16.6 Å². The first kappa shape index (κ1) is 13.5. The summed E-state index contributed by atoms with van der Waals surface area (Å²) in [5, 5.41) is 13.0. The third-order valence-electron chi connectivity index (χ3n) is 3.74. The zero-order valence-electron chi connectivity index (χ0n) is 11.0. The topological polar surface area (TPSA) is 30.3 Å². The first-order valence-electron chi connectivity index (χ1n) is 6.66. The fourth-order valence-corrected chi connectivity index (χ4v) is 3.23. The molecule has 1 aromatic heterocycles. The minimum Gasteiger partial charge on any atom is -0.301 e. The van der Waals surface area contributed by atoms with Crippen LogP contribution in [0.4, 0.5) is 0 Å². The summed E-state index contributed by atoms with van der Waals surface area (Å²) in [5.41, 5.74) is 1.44. The molecule has 0 aliphatic carbocycles. The Bertz CT molecular complexity index is 374. The highest BCUT2D eigenvalue weighted by Crippen LogP contribution is 2.23. The second kappa shape index (κ2) is 6.89. The highest BCUT2D eigenvalue weighted by molar-refractivity contribution is 7.07. The lowest BCUT2D eigenvalue weighted by molar-refractivity contribution is 0.102. The molecule has 3 nitrogen and oxygen atoms in total. The Morgan fingerprint density at radius 3 is 2.78 bits per heavy atom. The number of nitrogens with zero attached hydrogens (tertiary/aromatic N) is 3. The van der Waals surface area contributed by atoms with Gasteiger partial charge in [-0.05, 0) is 42.3 Å². The van der Waals surface area contributed by atoms with Crippen LogP contribution in [-0.4, -0.2) is 42.5 Å². The molecule has 0 amide bonds. The van der Waals surface area contributed by atoms with Crippen LogP contribution in [-0.2, 0) is 0 Å². The van der Waals surface area contributed by atoms with Crippen LogP contribution in [0.3, 0.4) is 0 Å². The van der Waals surface area contributed by atoms with Crippen LogP contribution >= 0.6 is 11.3 Å². The average Bonchev–Trinajstić information content (AvgIpc) is 2.93. The number of rotatable bonds is 5. The van der Waals surface area contributed by atoms with Crippen LogP contribution in [0.15, 0.2) is 16.8 Å². The monoisotopic (exact) mass is 263 g/mol. The summed E-state index contributed by atoms with van der Waals surface area (Å²) in [4.78, 5) is 5.04. The molecule has 1 atom stereocenters. The molecule has 0 spiro atoms. The van der Waals surface area contributed by atoms with Crippen molar-refractivity contribution < 1.29 is 0 Å². The summed E-state index contributed by atoms with van der Waals surface area (Å²) in [6, 6.07) is 4.99.